The van der Waals surface area contributed by atoms with Crippen molar-refractivity contribution in [1.82, 2.24) is 10.2 Å². The Morgan fingerprint density at radius 2 is 1.06 bits per heavy atom. The van der Waals surface area contributed by atoms with Crippen molar-refractivity contribution in [3.8, 4) is 0 Å². The second-order valence-electron chi connectivity index (χ2n) is 15.5. The predicted octanol–water partition coefficient (Wildman–Crippen LogP) is 7.90. The third-order valence-corrected chi connectivity index (χ3v) is 10.6. The van der Waals surface area contributed by atoms with Crippen LogP contribution in [0, 0.1) is 5.92 Å². The summed E-state index contributed by atoms with van der Waals surface area (Å²) >= 11 is 0. The first kappa shape index (κ1) is 46.8. The molecule has 1 aliphatic heterocycles. The molecule has 6 N–H and O–H groups in total. The van der Waals surface area contributed by atoms with E-state index in [0.717, 1.165) is 38.5 Å². The first-order chi connectivity index (χ1) is 24.2. The fourth-order valence-electron chi connectivity index (χ4n) is 7.04. The Morgan fingerprint density at radius 3 is 1.46 bits per heavy atom. The number of aliphatic hydroxyl groups excluding tert-OH is 3. The Morgan fingerprint density at radius 1 is 0.660 bits per heavy atom. The molecule has 6 atom stereocenters. The molecule has 1 aliphatic rings. The standard InChI is InChI=1S/C41H81N3O6/c1-5-7-9-11-13-15-16-17-18-19-20-21-23-25-27-29-31-44(35(46)30-28-26-24-22-14-12-10-8-6-2)41-37(43-40(49)36(42)33(3)4)39(48)38(47)34(32-45)50-41/h33-34,36-39,41,45,47-48H,5-32,42H2,1-4H3,(H,43,49). The van der Waals surface area contributed by atoms with E-state index >= 15 is 0 Å². The lowest BCUT2D eigenvalue weighted by Crippen LogP contribution is -2.69. The van der Waals surface area contributed by atoms with Gasteiger partial charge in [0, 0.05) is 13.0 Å². The number of nitrogens with zero attached hydrogens (tertiary/aromatic N) is 1. The summed E-state index contributed by atoms with van der Waals surface area (Å²) in [6, 6.07) is -1.89. The largest absolute Gasteiger partial charge is 0.394 e. The van der Waals surface area contributed by atoms with Gasteiger partial charge in [-0.1, -0.05) is 175 Å². The van der Waals surface area contributed by atoms with Gasteiger partial charge in [0.15, 0.2) is 6.23 Å². The maximum absolute atomic E-state index is 13.8. The van der Waals surface area contributed by atoms with E-state index in [1.807, 2.05) is 13.8 Å². The molecule has 0 radical (unpaired) electrons. The topological polar surface area (TPSA) is 145 Å². The minimum Gasteiger partial charge on any atom is -0.394 e. The molecule has 0 aromatic carbocycles. The minimum absolute atomic E-state index is 0.0911. The van der Waals surface area contributed by atoms with Crippen molar-refractivity contribution in [2.24, 2.45) is 11.7 Å². The lowest BCUT2D eigenvalue weighted by atomic mass is 9.94. The molecule has 0 bridgehead atoms. The van der Waals surface area contributed by atoms with Gasteiger partial charge in [-0.15, -0.1) is 0 Å². The summed E-state index contributed by atoms with van der Waals surface area (Å²) in [5.74, 6) is -0.702. The van der Waals surface area contributed by atoms with E-state index in [2.05, 4.69) is 19.2 Å². The summed E-state index contributed by atoms with van der Waals surface area (Å²) in [5.41, 5.74) is 6.12. The lowest BCUT2D eigenvalue weighted by molar-refractivity contribution is -0.231. The van der Waals surface area contributed by atoms with Gasteiger partial charge < -0.3 is 36.0 Å². The summed E-state index contributed by atoms with van der Waals surface area (Å²) in [6.07, 6.45) is 25.9. The molecular formula is C41H81N3O6. The summed E-state index contributed by atoms with van der Waals surface area (Å²) in [7, 11) is 0. The van der Waals surface area contributed by atoms with Gasteiger partial charge in [-0.05, 0) is 18.8 Å². The number of nitrogens with two attached hydrogens (primary N) is 1. The molecule has 9 nitrogen and oxygen atoms in total. The molecule has 1 fully saturated rings. The Labute approximate surface area is 307 Å². The zero-order valence-electron chi connectivity index (χ0n) is 32.9. The molecule has 0 aromatic rings. The number of carbonyl (C=O) groups is 2. The molecule has 0 spiro atoms. The molecule has 1 saturated heterocycles. The van der Waals surface area contributed by atoms with Crippen LogP contribution in [0.5, 0.6) is 0 Å². The SMILES string of the molecule is CCCCCCCCCCCCCCCCCCN(C(=O)CCCCCCCCCCC)C1OC(CO)C(O)C(O)C1NC(=O)C(N)C(C)C. The van der Waals surface area contributed by atoms with Gasteiger partial charge in [-0.3, -0.25) is 9.59 Å². The Balaban J connectivity index is 2.69. The normalized spacial score (nSPS) is 21.4. The molecule has 0 aliphatic carbocycles. The van der Waals surface area contributed by atoms with Gasteiger partial charge in [0.25, 0.3) is 0 Å². The Kier molecular flexibility index (Phi) is 28.3. The van der Waals surface area contributed by atoms with Crippen molar-refractivity contribution in [3.05, 3.63) is 0 Å². The molecule has 50 heavy (non-hydrogen) atoms. The third kappa shape index (κ3) is 20.1. The highest BCUT2D eigenvalue weighted by Crippen LogP contribution is 2.26. The summed E-state index contributed by atoms with van der Waals surface area (Å²) < 4.78 is 6.12. The number of aliphatic hydroxyl groups is 3. The fraction of sp³-hybridized carbons (Fsp3) is 0.951. The van der Waals surface area contributed by atoms with Crippen LogP contribution in [0.2, 0.25) is 0 Å². The van der Waals surface area contributed by atoms with Crippen LogP contribution in [-0.4, -0.2) is 81.8 Å². The Hall–Kier alpha value is -1.26. The highest BCUT2D eigenvalue weighted by atomic mass is 16.5. The smallest absolute Gasteiger partial charge is 0.237 e. The zero-order valence-corrected chi connectivity index (χ0v) is 32.9. The highest BCUT2D eigenvalue weighted by Gasteiger charge is 2.48. The van der Waals surface area contributed by atoms with Crippen LogP contribution in [0.25, 0.3) is 0 Å². The number of rotatable bonds is 32. The predicted molar refractivity (Wildman–Crippen MR) is 206 cm³/mol. The van der Waals surface area contributed by atoms with Crippen molar-refractivity contribution < 1.29 is 29.6 Å². The zero-order chi connectivity index (χ0) is 37.0. The van der Waals surface area contributed by atoms with Crippen molar-refractivity contribution in [2.75, 3.05) is 13.2 Å². The van der Waals surface area contributed by atoms with Crippen LogP contribution in [0.4, 0.5) is 0 Å². The summed E-state index contributed by atoms with van der Waals surface area (Å²) in [5, 5.41) is 34.6. The van der Waals surface area contributed by atoms with E-state index in [0.29, 0.717) is 13.0 Å². The fourth-order valence-corrected chi connectivity index (χ4v) is 7.04. The average Bonchev–Trinajstić information content (AvgIpc) is 3.10. The molecule has 0 saturated carbocycles. The number of hydrogen-bond donors (Lipinski definition) is 5. The van der Waals surface area contributed by atoms with Gasteiger partial charge in [-0.2, -0.15) is 0 Å². The average molecular weight is 712 g/mol. The number of carbonyl (C=O) groups excluding carboxylic acids is 2. The quantitative estimate of drug-likeness (QED) is 0.0446. The maximum atomic E-state index is 13.8. The van der Waals surface area contributed by atoms with Gasteiger partial charge in [0.1, 0.15) is 24.4 Å². The van der Waals surface area contributed by atoms with Crippen LogP contribution in [0.15, 0.2) is 0 Å². The molecule has 9 heteroatoms. The second kappa shape index (κ2) is 30.2. The summed E-state index contributed by atoms with van der Waals surface area (Å²) in [6.45, 7) is 8.07. The second-order valence-corrected chi connectivity index (χ2v) is 15.5. The maximum Gasteiger partial charge on any atom is 0.237 e. The van der Waals surface area contributed by atoms with Gasteiger partial charge in [0.05, 0.1) is 12.6 Å². The lowest BCUT2D eigenvalue weighted by Gasteiger charge is -2.47. The van der Waals surface area contributed by atoms with E-state index in [4.69, 9.17) is 10.5 Å². The van der Waals surface area contributed by atoms with Crippen molar-refractivity contribution in [1.29, 1.82) is 0 Å². The number of amides is 2. The van der Waals surface area contributed by atoms with Crippen molar-refractivity contribution in [2.45, 2.75) is 231 Å². The van der Waals surface area contributed by atoms with E-state index in [9.17, 15) is 24.9 Å². The minimum atomic E-state index is -1.43. The van der Waals surface area contributed by atoms with Crippen molar-refractivity contribution in [3.63, 3.8) is 0 Å². The van der Waals surface area contributed by atoms with Gasteiger partial charge in [0.2, 0.25) is 11.8 Å². The van der Waals surface area contributed by atoms with Crippen LogP contribution < -0.4 is 11.1 Å². The van der Waals surface area contributed by atoms with E-state index < -0.39 is 49.1 Å². The van der Waals surface area contributed by atoms with E-state index in [-0.39, 0.29) is 11.8 Å². The van der Waals surface area contributed by atoms with Crippen molar-refractivity contribution >= 4 is 11.8 Å². The van der Waals surface area contributed by atoms with Crippen LogP contribution >= 0.6 is 0 Å². The molecule has 2 amide bonds. The number of nitrogens with one attached hydrogen (secondary N) is 1. The molecule has 1 rings (SSSR count). The number of hydrogen-bond acceptors (Lipinski definition) is 7. The monoisotopic (exact) mass is 712 g/mol. The van der Waals surface area contributed by atoms with Gasteiger partial charge in [-0.25, -0.2) is 0 Å². The third-order valence-electron chi connectivity index (χ3n) is 10.6. The van der Waals surface area contributed by atoms with E-state index in [1.165, 1.54) is 122 Å². The first-order valence-corrected chi connectivity index (χ1v) is 21.2. The highest BCUT2D eigenvalue weighted by molar-refractivity contribution is 5.82. The van der Waals surface area contributed by atoms with E-state index in [1.54, 1.807) is 4.90 Å². The molecular weight excluding hydrogens is 630 g/mol. The van der Waals surface area contributed by atoms with Crippen LogP contribution in [0.3, 0.4) is 0 Å². The van der Waals surface area contributed by atoms with Gasteiger partial charge >= 0.3 is 0 Å². The van der Waals surface area contributed by atoms with Crippen LogP contribution in [0.1, 0.15) is 195 Å². The number of unbranched alkanes of at least 4 members (excludes halogenated alkanes) is 23. The summed E-state index contributed by atoms with van der Waals surface area (Å²) in [4.78, 5) is 28.5. The molecule has 0 aromatic heterocycles. The van der Waals surface area contributed by atoms with Crippen LogP contribution in [-0.2, 0) is 14.3 Å². The molecule has 296 valence electrons. The number of ether oxygens (including phenoxy) is 1. The molecule has 1 heterocycles. The first-order valence-electron chi connectivity index (χ1n) is 21.2. The molecule has 6 unspecified atom stereocenters. The Bertz CT molecular complexity index is 830.